The molecule has 0 aliphatic carbocycles. The number of primary amides is 1. The van der Waals surface area contributed by atoms with Gasteiger partial charge in [0.15, 0.2) is 0 Å². The highest BCUT2D eigenvalue weighted by Crippen LogP contribution is 2.12. The molecular weight excluding hydrogens is 522 g/mol. The lowest BCUT2D eigenvalue weighted by molar-refractivity contribution is -0.142. The maximum Gasteiger partial charge on any atom is 0.326 e. The molecule has 0 saturated carbocycles. The average molecular weight is 556 g/mol. The maximum absolute atomic E-state index is 13.2. The van der Waals surface area contributed by atoms with E-state index in [1.54, 1.807) is 6.26 Å². The Bertz CT molecular complexity index is 1010. The van der Waals surface area contributed by atoms with E-state index in [0.29, 0.717) is 11.3 Å². The van der Waals surface area contributed by atoms with Crippen molar-refractivity contribution in [2.45, 2.75) is 56.3 Å². The van der Waals surface area contributed by atoms with Crippen molar-refractivity contribution in [3.05, 3.63) is 29.8 Å². The first-order valence-corrected chi connectivity index (χ1v) is 12.9. The van der Waals surface area contributed by atoms with Gasteiger partial charge in [-0.2, -0.15) is 11.8 Å². The van der Waals surface area contributed by atoms with Crippen molar-refractivity contribution >= 4 is 47.3 Å². The van der Waals surface area contributed by atoms with Crippen LogP contribution in [0.5, 0.6) is 5.75 Å². The Morgan fingerprint density at radius 2 is 1.42 bits per heavy atom. The molecule has 0 aliphatic rings. The van der Waals surface area contributed by atoms with E-state index in [1.165, 1.54) is 36.0 Å². The molecule has 15 heteroatoms. The monoisotopic (exact) mass is 555 g/mol. The number of carboxylic acid groups (broad SMARTS) is 2. The number of amides is 4. The molecule has 0 aromatic heterocycles. The highest BCUT2D eigenvalue weighted by atomic mass is 32.2. The number of hydrogen-bond acceptors (Lipinski definition) is 9. The van der Waals surface area contributed by atoms with Gasteiger partial charge in [-0.3, -0.25) is 24.0 Å². The molecule has 0 fully saturated rings. The van der Waals surface area contributed by atoms with Gasteiger partial charge in [0.25, 0.3) is 0 Å². The van der Waals surface area contributed by atoms with Gasteiger partial charge in [0, 0.05) is 12.8 Å². The predicted molar refractivity (Wildman–Crippen MR) is 137 cm³/mol. The molecule has 210 valence electrons. The van der Waals surface area contributed by atoms with Gasteiger partial charge in [-0.25, -0.2) is 4.79 Å². The fraction of sp³-hybridized carbons (Fsp3) is 0.478. The summed E-state index contributed by atoms with van der Waals surface area (Å²) in [7, 11) is 0. The normalized spacial score (nSPS) is 13.8. The summed E-state index contributed by atoms with van der Waals surface area (Å²) < 4.78 is 0. The lowest BCUT2D eigenvalue weighted by Gasteiger charge is -2.25. The van der Waals surface area contributed by atoms with Crippen molar-refractivity contribution in [1.29, 1.82) is 0 Å². The quantitative estimate of drug-likeness (QED) is 0.107. The van der Waals surface area contributed by atoms with Crippen LogP contribution >= 0.6 is 11.8 Å². The molecule has 0 bridgehead atoms. The number of thioether (sulfide) groups is 1. The van der Waals surface area contributed by atoms with Crippen LogP contribution in [0.4, 0.5) is 0 Å². The number of phenolic OH excluding ortho intramolecular Hbond substituents is 1. The standard InChI is InChI=1S/C23H33N5O9S/c1-38-9-8-16(23(36)37)27-21(34)15(6-7-18(25)30)26-22(35)17(10-12-2-4-13(29)5-3-12)28-20(33)14(24)11-19(31)32/h2-5,14-17,29H,6-11,24H2,1H3,(H2,25,30)(H,26,35)(H,27,34)(H,28,33)(H,31,32)(H,36,37). The summed E-state index contributed by atoms with van der Waals surface area (Å²) in [4.78, 5) is 72.4. The topological polar surface area (TPSA) is 251 Å². The first kappa shape index (κ1) is 32.2. The van der Waals surface area contributed by atoms with E-state index in [4.69, 9.17) is 16.6 Å². The average Bonchev–Trinajstić information content (AvgIpc) is 2.83. The van der Waals surface area contributed by atoms with Crippen LogP contribution in [0.25, 0.3) is 0 Å². The fourth-order valence-electron chi connectivity index (χ4n) is 3.23. The minimum Gasteiger partial charge on any atom is -0.508 e. The summed E-state index contributed by atoms with van der Waals surface area (Å²) in [5.41, 5.74) is 11.3. The molecule has 10 N–H and O–H groups in total. The third kappa shape index (κ3) is 11.9. The summed E-state index contributed by atoms with van der Waals surface area (Å²) in [6.45, 7) is 0. The molecule has 4 amide bonds. The maximum atomic E-state index is 13.2. The van der Waals surface area contributed by atoms with E-state index in [9.17, 15) is 39.0 Å². The summed E-state index contributed by atoms with van der Waals surface area (Å²) in [5, 5.41) is 34.9. The number of aromatic hydroxyl groups is 1. The molecule has 0 aliphatic heterocycles. The van der Waals surface area contributed by atoms with Gasteiger partial charge in [0.2, 0.25) is 23.6 Å². The van der Waals surface area contributed by atoms with Crippen LogP contribution in [0, 0.1) is 0 Å². The third-order valence-electron chi connectivity index (χ3n) is 5.28. The first-order chi connectivity index (χ1) is 17.8. The Labute approximate surface area is 222 Å². The largest absolute Gasteiger partial charge is 0.508 e. The summed E-state index contributed by atoms with van der Waals surface area (Å²) in [5.74, 6) is -5.66. The molecule has 0 heterocycles. The zero-order valence-electron chi connectivity index (χ0n) is 20.7. The number of carbonyl (C=O) groups excluding carboxylic acids is 4. The smallest absolute Gasteiger partial charge is 0.326 e. The number of rotatable bonds is 17. The lowest BCUT2D eigenvalue weighted by Crippen LogP contribution is -2.57. The van der Waals surface area contributed by atoms with Crippen molar-refractivity contribution < 1.29 is 44.1 Å². The lowest BCUT2D eigenvalue weighted by atomic mass is 10.0. The Kier molecular flexibility index (Phi) is 13.6. The van der Waals surface area contributed by atoms with E-state index in [-0.39, 0.29) is 31.4 Å². The van der Waals surface area contributed by atoms with E-state index >= 15 is 0 Å². The second-order valence-electron chi connectivity index (χ2n) is 8.38. The van der Waals surface area contributed by atoms with Crippen molar-refractivity contribution in [2.75, 3.05) is 12.0 Å². The summed E-state index contributed by atoms with van der Waals surface area (Å²) in [6.07, 6.45) is 0.490. The molecule has 0 saturated heterocycles. The molecular formula is C23H33N5O9S. The van der Waals surface area contributed by atoms with Crippen LogP contribution in [-0.4, -0.2) is 87.1 Å². The Morgan fingerprint density at radius 1 is 0.868 bits per heavy atom. The molecule has 38 heavy (non-hydrogen) atoms. The van der Waals surface area contributed by atoms with Crippen LogP contribution in [0.2, 0.25) is 0 Å². The van der Waals surface area contributed by atoms with Crippen molar-refractivity contribution in [3.63, 3.8) is 0 Å². The highest BCUT2D eigenvalue weighted by Gasteiger charge is 2.31. The molecule has 4 atom stereocenters. The Balaban J connectivity index is 3.16. The van der Waals surface area contributed by atoms with Crippen LogP contribution in [0.3, 0.4) is 0 Å². The predicted octanol–water partition coefficient (Wildman–Crippen LogP) is -1.71. The number of hydrogen-bond donors (Lipinski definition) is 8. The van der Waals surface area contributed by atoms with Gasteiger partial charge in [-0.1, -0.05) is 12.1 Å². The minimum atomic E-state index is -1.47. The van der Waals surface area contributed by atoms with Gasteiger partial charge in [0.05, 0.1) is 12.5 Å². The molecule has 1 aromatic rings. The van der Waals surface area contributed by atoms with E-state index in [1.807, 2.05) is 0 Å². The molecule has 1 aromatic carbocycles. The molecule has 4 unspecified atom stereocenters. The number of benzene rings is 1. The van der Waals surface area contributed by atoms with Gasteiger partial charge in [-0.05, 0) is 42.5 Å². The second-order valence-corrected chi connectivity index (χ2v) is 9.37. The number of nitrogens with one attached hydrogen (secondary N) is 3. The Morgan fingerprint density at radius 3 is 1.95 bits per heavy atom. The van der Waals surface area contributed by atoms with Crippen molar-refractivity contribution in [1.82, 2.24) is 16.0 Å². The van der Waals surface area contributed by atoms with Gasteiger partial charge in [0.1, 0.15) is 23.9 Å². The van der Waals surface area contributed by atoms with Gasteiger partial charge in [-0.15, -0.1) is 0 Å². The molecule has 14 nitrogen and oxygen atoms in total. The second kappa shape index (κ2) is 16.1. The van der Waals surface area contributed by atoms with Crippen molar-refractivity contribution in [3.8, 4) is 5.75 Å². The van der Waals surface area contributed by atoms with Crippen molar-refractivity contribution in [2.24, 2.45) is 11.5 Å². The van der Waals surface area contributed by atoms with E-state index in [0.717, 1.165) is 0 Å². The minimum absolute atomic E-state index is 0.0417. The number of carbonyl (C=O) groups is 6. The highest BCUT2D eigenvalue weighted by molar-refractivity contribution is 7.98. The van der Waals surface area contributed by atoms with Crippen LogP contribution in [0.1, 0.15) is 31.2 Å². The Hall–Kier alpha value is -3.85. The van der Waals surface area contributed by atoms with Gasteiger partial charge < -0.3 is 42.7 Å². The first-order valence-electron chi connectivity index (χ1n) is 11.5. The van der Waals surface area contributed by atoms with E-state index < -0.39 is 66.2 Å². The zero-order valence-corrected chi connectivity index (χ0v) is 21.5. The van der Waals surface area contributed by atoms with Crippen LogP contribution < -0.4 is 27.4 Å². The van der Waals surface area contributed by atoms with Crippen LogP contribution in [0.15, 0.2) is 24.3 Å². The molecule has 0 spiro atoms. The number of carboxylic acids is 2. The van der Waals surface area contributed by atoms with Crippen LogP contribution in [-0.2, 0) is 35.2 Å². The SMILES string of the molecule is CSCCC(NC(=O)C(CCC(N)=O)NC(=O)C(Cc1ccc(O)cc1)NC(=O)C(N)CC(=O)O)C(=O)O. The zero-order chi connectivity index (χ0) is 28.8. The number of nitrogens with two attached hydrogens (primary N) is 2. The summed E-state index contributed by atoms with van der Waals surface area (Å²) in [6, 6.07) is 0.242. The number of aliphatic carboxylic acids is 2. The van der Waals surface area contributed by atoms with Gasteiger partial charge >= 0.3 is 11.9 Å². The molecule has 1 rings (SSSR count). The fourth-order valence-corrected chi connectivity index (χ4v) is 3.70. The van der Waals surface area contributed by atoms with E-state index in [2.05, 4.69) is 16.0 Å². The third-order valence-corrected chi connectivity index (χ3v) is 5.92. The summed E-state index contributed by atoms with van der Waals surface area (Å²) >= 11 is 1.38. The number of phenols is 1. The molecule has 0 radical (unpaired) electrons.